The molecule has 0 fully saturated rings. The first kappa shape index (κ1) is 8.51. The lowest BCUT2D eigenvalue weighted by atomic mass is 10.3. The second kappa shape index (κ2) is 3.21. The van der Waals surface area contributed by atoms with Gasteiger partial charge in [0.2, 0.25) is 0 Å². The van der Waals surface area contributed by atoms with Crippen molar-refractivity contribution in [2.45, 2.75) is 6.92 Å². The normalized spacial score (nSPS) is 9.90. The highest BCUT2D eigenvalue weighted by Crippen LogP contribution is 2.20. The minimum absolute atomic E-state index is 0.624. The third kappa shape index (κ3) is 1.52. The Hall–Kier alpha value is 0.410. The van der Waals surface area contributed by atoms with Gasteiger partial charge in [-0.05, 0) is 57.7 Å². The van der Waals surface area contributed by atoms with E-state index in [9.17, 15) is 0 Å². The Bertz CT molecular complexity index is 233. The van der Waals surface area contributed by atoms with Crippen molar-refractivity contribution in [3.05, 3.63) is 18.9 Å². The molecule has 1 rings (SSSR count). The van der Waals surface area contributed by atoms with Crippen molar-refractivity contribution in [1.82, 2.24) is 4.98 Å². The summed E-state index contributed by atoms with van der Waals surface area (Å²) in [5.41, 5.74) is 6.78. The summed E-state index contributed by atoms with van der Waals surface area (Å²) in [6.45, 7) is 2.04. The van der Waals surface area contributed by atoms with Crippen LogP contribution in [0.15, 0.2) is 6.20 Å². The second-order valence-corrected chi connectivity index (χ2v) is 4.17. The van der Waals surface area contributed by atoms with Crippen LogP contribution in [0.25, 0.3) is 0 Å². The van der Waals surface area contributed by atoms with E-state index in [-0.39, 0.29) is 0 Å². The molecule has 4 heteroatoms. The molecule has 0 amide bonds. The molecule has 2 nitrogen and oxygen atoms in total. The largest absolute Gasteiger partial charge is 0.383 e. The van der Waals surface area contributed by atoms with Gasteiger partial charge in [0.1, 0.15) is 5.82 Å². The zero-order valence-corrected chi connectivity index (χ0v) is 9.67. The average Bonchev–Trinajstić information content (AvgIpc) is 1.93. The Kier molecular flexibility index (Phi) is 2.73. The monoisotopic (exact) mass is 360 g/mol. The van der Waals surface area contributed by atoms with Gasteiger partial charge < -0.3 is 5.73 Å². The Balaban J connectivity index is 3.34. The van der Waals surface area contributed by atoms with Gasteiger partial charge >= 0.3 is 0 Å². The zero-order chi connectivity index (χ0) is 7.72. The van der Waals surface area contributed by atoms with Crippen molar-refractivity contribution in [3.8, 4) is 0 Å². The van der Waals surface area contributed by atoms with Crippen molar-refractivity contribution in [2.24, 2.45) is 0 Å². The van der Waals surface area contributed by atoms with Gasteiger partial charge in [-0.3, -0.25) is 0 Å². The lowest BCUT2D eigenvalue weighted by Gasteiger charge is -2.02. The molecule has 1 aromatic rings. The molecule has 10 heavy (non-hydrogen) atoms. The van der Waals surface area contributed by atoms with E-state index in [1.807, 2.05) is 6.92 Å². The molecule has 1 aromatic heterocycles. The molecular formula is C6H6I2N2. The summed E-state index contributed by atoms with van der Waals surface area (Å²) in [7, 11) is 0. The highest BCUT2D eigenvalue weighted by Gasteiger charge is 2.02. The summed E-state index contributed by atoms with van der Waals surface area (Å²) in [6, 6.07) is 0. The molecule has 0 radical (unpaired) electrons. The number of pyridine rings is 1. The minimum Gasteiger partial charge on any atom is -0.383 e. The second-order valence-electron chi connectivity index (χ2n) is 1.93. The molecule has 0 aliphatic rings. The first-order chi connectivity index (χ1) is 4.63. The summed E-state index contributed by atoms with van der Waals surface area (Å²) < 4.78 is 2.22. The fourth-order valence-corrected chi connectivity index (χ4v) is 1.93. The summed E-state index contributed by atoms with van der Waals surface area (Å²) in [5.74, 6) is 0.624. The lowest BCUT2D eigenvalue weighted by molar-refractivity contribution is 1.24. The molecule has 54 valence electrons. The number of nitrogens with two attached hydrogens (primary N) is 1. The first-order valence-corrected chi connectivity index (χ1v) is 4.84. The van der Waals surface area contributed by atoms with Crippen LogP contribution in [0.2, 0.25) is 0 Å². The van der Waals surface area contributed by atoms with Crippen LogP contribution in [-0.2, 0) is 0 Å². The number of rotatable bonds is 0. The Morgan fingerprint density at radius 2 is 2.10 bits per heavy atom. The van der Waals surface area contributed by atoms with E-state index in [2.05, 4.69) is 50.2 Å². The molecule has 0 saturated heterocycles. The average molecular weight is 360 g/mol. The molecule has 0 aromatic carbocycles. The minimum atomic E-state index is 0.624. The predicted molar refractivity (Wildman–Crippen MR) is 58.8 cm³/mol. The Labute approximate surface area is 86.9 Å². The Morgan fingerprint density at radius 3 is 2.60 bits per heavy atom. The number of nitrogens with zero attached hydrogens (tertiary/aromatic N) is 1. The molecule has 0 aliphatic carbocycles. The summed E-state index contributed by atoms with van der Waals surface area (Å²) in [6.07, 6.45) is 1.79. The van der Waals surface area contributed by atoms with Crippen molar-refractivity contribution in [1.29, 1.82) is 0 Å². The third-order valence-corrected chi connectivity index (χ3v) is 3.68. The van der Waals surface area contributed by atoms with Gasteiger partial charge in [0.15, 0.2) is 0 Å². The number of halogens is 2. The van der Waals surface area contributed by atoms with Crippen LogP contribution in [-0.4, -0.2) is 4.98 Å². The fourth-order valence-electron chi connectivity index (χ4n) is 0.577. The van der Waals surface area contributed by atoms with Gasteiger partial charge in [-0.25, -0.2) is 4.98 Å². The van der Waals surface area contributed by atoms with Gasteiger partial charge in [-0.15, -0.1) is 0 Å². The number of nitrogen functional groups attached to an aromatic ring is 1. The molecule has 0 spiro atoms. The van der Waals surface area contributed by atoms with Crippen LogP contribution in [0, 0.1) is 14.1 Å². The first-order valence-electron chi connectivity index (χ1n) is 2.69. The predicted octanol–water partition coefficient (Wildman–Crippen LogP) is 2.18. The van der Waals surface area contributed by atoms with Gasteiger partial charge in [0.05, 0.1) is 3.57 Å². The molecule has 1 heterocycles. The maximum Gasteiger partial charge on any atom is 0.137 e. The van der Waals surface area contributed by atoms with Crippen molar-refractivity contribution in [2.75, 3.05) is 5.73 Å². The van der Waals surface area contributed by atoms with Crippen LogP contribution in [0.1, 0.15) is 5.56 Å². The SMILES string of the molecule is Cc1c(I)cnc(N)c1I. The lowest BCUT2D eigenvalue weighted by Crippen LogP contribution is -1.97. The van der Waals surface area contributed by atoms with Gasteiger partial charge in [-0.1, -0.05) is 0 Å². The number of aromatic nitrogens is 1. The standard InChI is InChI=1S/C6H6I2N2/c1-3-4(7)2-10-6(9)5(3)8/h2H,1H3,(H2,9,10). The number of hydrogen-bond donors (Lipinski definition) is 1. The summed E-state index contributed by atoms with van der Waals surface area (Å²) in [4.78, 5) is 4.00. The highest BCUT2D eigenvalue weighted by molar-refractivity contribution is 14.1. The van der Waals surface area contributed by atoms with E-state index in [0.29, 0.717) is 5.82 Å². The maximum absolute atomic E-state index is 5.57. The molecule has 0 saturated carbocycles. The van der Waals surface area contributed by atoms with Crippen LogP contribution < -0.4 is 5.73 Å². The zero-order valence-electron chi connectivity index (χ0n) is 5.36. The molecule has 0 bridgehead atoms. The van der Waals surface area contributed by atoms with E-state index in [4.69, 9.17) is 5.73 Å². The van der Waals surface area contributed by atoms with Gasteiger partial charge in [0.25, 0.3) is 0 Å². The molecule has 2 N–H and O–H groups in total. The smallest absolute Gasteiger partial charge is 0.137 e. The molecular weight excluding hydrogens is 354 g/mol. The third-order valence-electron chi connectivity index (χ3n) is 1.23. The van der Waals surface area contributed by atoms with Gasteiger partial charge in [0, 0.05) is 9.77 Å². The molecule has 0 aliphatic heterocycles. The van der Waals surface area contributed by atoms with Crippen molar-refractivity contribution >= 4 is 51.0 Å². The van der Waals surface area contributed by atoms with E-state index >= 15 is 0 Å². The van der Waals surface area contributed by atoms with Crippen LogP contribution >= 0.6 is 45.2 Å². The van der Waals surface area contributed by atoms with Gasteiger partial charge in [-0.2, -0.15) is 0 Å². The maximum atomic E-state index is 5.57. The van der Waals surface area contributed by atoms with Crippen LogP contribution in [0.5, 0.6) is 0 Å². The van der Waals surface area contributed by atoms with Crippen molar-refractivity contribution < 1.29 is 0 Å². The van der Waals surface area contributed by atoms with E-state index < -0.39 is 0 Å². The topological polar surface area (TPSA) is 38.9 Å². The Morgan fingerprint density at radius 1 is 1.50 bits per heavy atom. The van der Waals surface area contributed by atoms with E-state index in [1.165, 1.54) is 5.56 Å². The van der Waals surface area contributed by atoms with Crippen LogP contribution in [0.3, 0.4) is 0 Å². The number of anilines is 1. The van der Waals surface area contributed by atoms with E-state index in [0.717, 1.165) is 7.14 Å². The molecule has 0 unspecified atom stereocenters. The van der Waals surface area contributed by atoms with E-state index in [1.54, 1.807) is 6.20 Å². The summed E-state index contributed by atoms with van der Waals surface area (Å²) in [5, 5.41) is 0. The quantitative estimate of drug-likeness (QED) is 0.721. The number of hydrogen-bond acceptors (Lipinski definition) is 2. The highest BCUT2D eigenvalue weighted by atomic mass is 127. The van der Waals surface area contributed by atoms with Crippen molar-refractivity contribution in [3.63, 3.8) is 0 Å². The molecule has 0 atom stereocenters. The van der Waals surface area contributed by atoms with Crippen LogP contribution in [0.4, 0.5) is 5.82 Å². The summed E-state index contributed by atoms with van der Waals surface area (Å²) >= 11 is 4.45. The fraction of sp³-hybridized carbons (Fsp3) is 0.167.